The Morgan fingerprint density at radius 3 is 2.39 bits per heavy atom. The minimum absolute atomic E-state index is 0.0706. The third-order valence-electron chi connectivity index (χ3n) is 5.70. The van der Waals surface area contributed by atoms with Crippen molar-refractivity contribution in [1.29, 1.82) is 0 Å². The number of hydrogen-bond donors (Lipinski definition) is 4. The van der Waals surface area contributed by atoms with Crippen molar-refractivity contribution in [2.45, 2.75) is 6.18 Å². The Balaban J connectivity index is 1.27. The summed E-state index contributed by atoms with van der Waals surface area (Å²) in [5.74, 6) is 0.583. The highest BCUT2D eigenvalue weighted by Crippen LogP contribution is 2.34. The summed E-state index contributed by atoms with van der Waals surface area (Å²) >= 11 is 0. The van der Waals surface area contributed by atoms with E-state index in [0.29, 0.717) is 33.1 Å². The summed E-state index contributed by atoms with van der Waals surface area (Å²) in [6.45, 7) is 0. The molecule has 2 aromatic heterocycles. The van der Waals surface area contributed by atoms with Crippen LogP contribution in [0.15, 0.2) is 79.4 Å². The number of carbonyl (C=O) groups excluding carboxylic acids is 2. The highest BCUT2D eigenvalue weighted by Gasteiger charge is 2.31. The first-order chi connectivity index (χ1) is 19.6. The van der Waals surface area contributed by atoms with E-state index in [9.17, 15) is 28.0 Å². The maximum Gasteiger partial charge on any atom is 0.416 e. The molecule has 0 aliphatic carbocycles. The smallest absolute Gasteiger partial charge is 0.416 e. The molecular weight excluding hydrogens is 547 g/mol. The maximum absolute atomic E-state index is 13.3. The van der Waals surface area contributed by atoms with Gasteiger partial charge in [-0.15, -0.1) is 4.73 Å². The van der Waals surface area contributed by atoms with Crippen molar-refractivity contribution < 1.29 is 37.4 Å². The number of benzene rings is 3. The van der Waals surface area contributed by atoms with Gasteiger partial charge < -0.3 is 29.9 Å². The van der Waals surface area contributed by atoms with Crippen LogP contribution in [-0.2, 0) is 10.9 Å². The first-order valence-electron chi connectivity index (χ1n) is 11.7. The number of anilines is 3. The minimum atomic E-state index is -4.60. The summed E-state index contributed by atoms with van der Waals surface area (Å²) in [4.78, 5) is 32.1. The number of amides is 3. The van der Waals surface area contributed by atoms with Crippen LogP contribution >= 0.6 is 0 Å². The Hall–Kier alpha value is -5.73. The van der Waals surface area contributed by atoms with E-state index in [0.717, 1.165) is 12.1 Å². The van der Waals surface area contributed by atoms with Gasteiger partial charge >= 0.3 is 18.3 Å². The maximum atomic E-state index is 13.3. The van der Waals surface area contributed by atoms with Crippen molar-refractivity contribution in [2.75, 3.05) is 23.1 Å². The summed E-state index contributed by atoms with van der Waals surface area (Å²) in [6, 6.07) is 13.1. The second-order valence-corrected chi connectivity index (χ2v) is 8.42. The molecule has 5 rings (SSSR count). The van der Waals surface area contributed by atoms with Gasteiger partial charge in [0.25, 0.3) is 0 Å². The van der Waals surface area contributed by atoms with E-state index in [1.807, 2.05) is 0 Å². The zero-order valence-corrected chi connectivity index (χ0v) is 21.0. The lowest BCUT2D eigenvalue weighted by Crippen LogP contribution is -2.21. The van der Waals surface area contributed by atoms with Crippen molar-refractivity contribution in [3.8, 4) is 17.2 Å². The zero-order chi connectivity index (χ0) is 29.1. The number of urea groups is 1. The number of imidazole rings is 2. The van der Waals surface area contributed by atoms with Crippen LogP contribution in [0.5, 0.6) is 11.5 Å². The van der Waals surface area contributed by atoms with E-state index >= 15 is 0 Å². The molecule has 12 nitrogen and oxygen atoms in total. The Kier molecular flexibility index (Phi) is 7.07. The molecule has 4 N–H and O–H groups in total. The number of methoxy groups -OCH3 is 1. The number of fused-ring (bicyclic) bond motifs is 1. The summed E-state index contributed by atoms with van der Waals surface area (Å²) in [5, 5.41) is 17.6. The number of nitrogens with one attached hydrogen (secondary N) is 3. The number of hydrogen-bond acceptors (Lipinski definition) is 7. The van der Waals surface area contributed by atoms with Crippen LogP contribution in [0.1, 0.15) is 5.56 Å². The van der Waals surface area contributed by atoms with Crippen molar-refractivity contribution in [2.24, 2.45) is 0 Å². The number of alkyl halides is 3. The molecule has 210 valence electrons. The molecule has 0 unspecified atom stereocenters. The fourth-order valence-corrected chi connectivity index (χ4v) is 3.80. The summed E-state index contributed by atoms with van der Waals surface area (Å²) in [6.07, 6.45) is -1.01. The van der Waals surface area contributed by atoms with Gasteiger partial charge in [0.1, 0.15) is 17.0 Å². The van der Waals surface area contributed by atoms with Crippen LogP contribution in [-0.4, -0.2) is 43.7 Å². The zero-order valence-electron chi connectivity index (χ0n) is 21.0. The molecule has 0 atom stereocenters. The lowest BCUT2D eigenvalue weighted by Gasteiger charge is -2.15. The number of ether oxygens (including phenoxy) is 2. The molecule has 0 fully saturated rings. The Morgan fingerprint density at radius 2 is 1.71 bits per heavy atom. The molecule has 0 bridgehead atoms. The van der Waals surface area contributed by atoms with Gasteiger partial charge in [-0.1, -0.05) is 0 Å². The van der Waals surface area contributed by atoms with Gasteiger partial charge in [-0.3, -0.25) is 5.32 Å². The molecule has 5 aromatic rings. The van der Waals surface area contributed by atoms with Gasteiger partial charge in [-0.2, -0.15) is 13.2 Å². The minimum Gasteiger partial charge on any atom is -0.457 e. The quantitative estimate of drug-likeness (QED) is 0.182. The first-order valence-corrected chi connectivity index (χ1v) is 11.7. The van der Waals surface area contributed by atoms with Crippen molar-refractivity contribution in [1.82, 2.24) is 19.3 Å². The van der Waals surface area contributed by atoms with E-state index in [1.165, 1.54) is 54.7 Å². The normalized spacial score (nSPS) is 11.2. The highest BCUT2D eigenvalue weighted by atomic mass is 19.4. The third kappa shape index (κ3) is 5.98. The van der Waals surface area contributed by atoms with Crippen molar-refractivity contribution >= 4 is 40.5 Å². The van der Waals surface area contributed by atoms with Gasteiger partial charge in [0.05, 0.1) is 35.9 Å². The van der Waals surface area contributed by atoms with Crippen LogP contribution in [0.4, 0.5) is 40.1 Å². The lowest BCUT2D eigenvalue weighted by molar-refractivity contribution is -0.137. The topological polar surface area (TPSA) is 145 Å². The number of carbonyl (C=O) groups is 2. The Bertz CT molecular complexity index is 1720. The Morgan fingerprint density at radius 1 is 0.951 bits per heavy atom. The standard InChI is InChI=1S/C26H20F3N7O5/c1-40-25(38)34-23-32-19-8-7-18(13-22(19)36(23)39)41-17-5-3-16(4-6-17)31-24(37)33-20-12-15(26(27,28)29)2-9-21(20)35-11-10-30-14-35/h2-14,39H,1H3,(H2,31,33,37)(H,32,34,38). The van der Waals surface area contributed by atoms with Crippen LogP contribution < -0.4 is 20.7 Å². The SMILES string of the molecule is COC(=O)Nc1nc2ccc(Oc3ccc(NC(=O)Nc4cc(C(F)(F)F)ccc4-n4ccnc4)cc3)cc2n1O. The largest absolute Gasteiger partial charge is 0.457 e. The van der Waals surface area contributed by atoms with Crippen molar-refractivity contribution in [3.05, 3.63) is 84.9 Å². The van der Waals surface area contributed by atoms with Crippen LogP contribution in [0.2, 0.25) is 0 Å². The van der Waals surface area contributed by atoms with Crippen LogP contribution in [0.3, 0.4) is 0 Å². The molecule has 0 spiro atoms. The number of aromatic nitrogens is 4. The summed E-state index contributed by atoms with van der Waals surface area (Å²) < 4.78 is 52.3. The van der Waals surface area contributed by atoms with Gasteiger partial charge in [-0.05, 0) is 54.6 Å². The summed E-state index contributed by atoms with van der Waals surface area (Å²) in [7, 11) is 1.17. The second-order valence-electron chi connectivity index (χ2n) is 8.42. The van der Waals surface area contributed by atoms with E-state index in [1.54, 1.807) is 24.3 Å². The van der Waals surface area contributed by atoms with Crippen LogP contribution in [0, 0.1) is 0 Å². The number of rotatable bonds is 6. The second kappa shape index (κ2) is 10.8. The van der Waals surface area contributed by atoms with E-state index < -0.39 is 23.9 Å². The highest BCUT2D eigenvalue weighted by molar-refractivity contribution is 6.01. The van der Waals surface area contributed by atoms with E-state index in [-0.39, 0.29) is 17.2 Å². The third-order valence-corrected chi connectivity index (χ3v) is 5.70. The molecule has 0 saturated heterocycles. The fraction of sp³-hybridized carbons (Fsp3) is 0.0769. The molecule has 41 heavy (non-hydrogen) atoms. The molecule has 2 heterocycles. The van der Waals surface area contributed by atoms with E-state index in [2.05, 4.69) is 30.7 Å². The first kappa shape index (κ1) is 26.9. The predicted molar refractivity (Wildman–Crippen MR) is 141 cm³/mol. The fourth-order valence-electron chi connectivity index (χ4n) is 3.80. The van der Waals surface area contributed by atoms with Gasteiger partial charge in [0, 0.05) is 24.1 Å². The molecule has 15 heteroatoms. The number of nitrogens with zero attached hydrogens (tertiary/aromatic N) is 4. The number of halogens is 3. The lowest BCUT2D eigenvalue weighted by atomic mass is 10.1. The van der Waals surface area contributed by atoms with Gasteiger partial charge in [-0.25, -0.2) is 19.6 Å². The molecule has 3 aromatic carbocycles. The molecule has 3 amide bonds. The molecule has 0 aliphatic rings. The average Bonchev–Trinajstić information content (AvgIpc) is 3.58. The van der Waals surface area contributed by atoms with E-state index in [4.69, 9.17) is 4.74 Å². The van der Waals surface area contributed by atoms with Crippen molar-refractivity contribution in [3.63, 3.8) is 0 Å². The molecule has 0 saturated carbocycles. The monoisotopic (exact) mass is 567 g/mol. The molecule has 0 radical (unpaired) electrons. The summed E-state index contributed by atoms with van der Waals surface area (Å²) in [5.41, 5.74) is 0.287. The van der Waals surface area contributed by atoms with Gasteiger partial charge in [0.15, 0.2) is 0 Å². The molecule has 0 aliphatic heterocycles. The average molecular weight is 567 g/mol. The van der Waals surface area contributed by atoms with Crippen LogP contribution in [0.25, 0.3) is 16.7 Å². The Labute approximate surface area is 228 Å². The predicted octanol–water partition coefficient (Wildman–Crippen LogP) is 6.09. The van der Waals surface area contributed by atoms with Gasteiger partial charge in [0.2, 0.25) is 5.95 Å². The molecular formula is C26H20F3N7O5.